The molecule has 1 unspecified atom stereocenters. The van der Waals surface area contributed by atoms with Gasteiger partial charge in [0.25, 0.3) is 0 Å². The molecule has 0 saturated carbocycles. The number of terminal acetylenes is 1. The van der Waals surface area contributed by atoms with Gasteiger partial charge in [-0.2, -0.15) is 0 Å². The Hall–Kier alpha value is -1.05. The molecular formula is C11H17NO3. The average Bonchev–Trinajstić information content (AvgIpc) is 2.27. The van der Waals surface area contributed by atoms with E-state index >= 15 is 0 Å². The summed E-state index contributed by atoms with van der Waals surface area (Å²) in [5.74, 6) is 2.34. The first-order valence-electron chi connectivity index (χ1n) is 5.17. The molecule has 0 amide bonds. The van der Waals surface area contributed by atoms with Crippen molar-refractivity contribution >= 4 is 5.97 Å². The molecule has 0 aromatic rings. The Morgan fingerprint density at radius 2 is 2.27 bits per heavy atom. The Morgan fingerprint density at radius 3 is 2.87 bits per heavy atom. The minimum Gasteiger partial charge on any atom is -0.464 e. The molecule has 1 heterocycles. The molecule has 0 aromatic carbocycles. The number of esters is 1. The van der Waals surface area contributed by atoms with Gasteiger partial charge >= 0.3 is 5.97 Å². The van der Waals surface area contributed by atoms with Crippen molar-refractivity contribution in [3.8, 4) is 12.3 Å². The van der Waals surface area contributed by atoms with Crippen LogP contribution in [0.3, 0.4) is 0 Å². The highest BCUT2D eigenvalue weighted by Gasteiger charge is 2.18. The third-order valence-corrected chi connectivity index (χ3v) is 2.44. The highest BCUT2D eigenvalue weighted by Crippen LogP contribution is 2.14. The van der Waals surface area contributed by atoms with E-state index in [1.807, 2.05) is 0 Å². The van der Waals surface area contributed by atoms with Crippen molar-refractivity contribution in [1.29, 1.82) is 0 Å². The van der Waals surface area contributed by atoms with Crippen LogP contribution >= 0.6 is 0 Å². The summed E-state index contributed by atoms with van der Waals surface area (Å²) in [6, 6.07) is -0.685. The van der Waals surface area contributed by atoms with Crippen LogP contribution in [0.5, 0.6) is 0 Å². The maximum atomic E-state index is 11.3. The normalized spacial score (nSPS) is 19.2. The van der Waals surface area contributed by atoms with Gasteiger partial charge in [-0.3, -0.25) is 4.79 Å². The largest absolute Gasteiger partial charge is 0.464 e. The van der Waals surface area contributed by atoms with Gasteiger partial charge in [0.1, 0.15) is 6.04 Å². The van der Waals surface area contributed by atoms with Crippen LogP contribution in [0.4, 0.5) is 0 Å². The first-order chi connectivity index (χ1) is 7.24. The second-order valence-corrected chi connectivity index (χ2v) is 3.70. The summed E-state index contributed by atoms with van der Waals surface area (Å²) >= 11 is 0. The maximum absolute atomic E-state index is 11.3. The third kappa shape index (κ3) is 4.32. The second-order valence-electron chi connectivity index (χ2n) is 3.70. The second kappa shape index (κ2) is 6.44. The molecule has 1 fully saturated rings. The van der Waals surface area contributed by atoms with Gasteiger partial charge in [0.05, 0.1) is 6.61 Å². The van der Waals surface area contributed by atoms with Crippen LogP contribution < -0.4 is 5.73 Å². The van der Waals surface area contributed by atoms with Gasteiger partial charge in [-0.05, 0) is 18.8 Å². The average molecular weight is 211 g/mol. The Balaban J connectivity index is 2.18. The number of carbonyl (C=O) groups excluding carboxylic acids is 1. The highest BCUT2D eigenvalue weighted by molar-refractivity contribution is 5.75. The van der Waals surface area contributed by atoms with Crippen molar-refractivity contribution < 1.29 is 14.3 Å². The van der Waals surface area contributed by atoms with E-state index in [2.05, 4.69) is 5.92 Å². The van der Waals surface area contributed by atoms with E-state index in [4.69, 9.17) is 21.6 Å². The minimum absolute atomic E-state index is 0.229. The van der Waals surface area contributed by atoms with Crippen LogP contribution in [-0.4, -0.2) is 31.8 Å². The van der Waals surface area contributed by atoms with E-state index in [1.165, 1.54) is 0 Å². The molecule has 0 spiro atoms. The molecule has 0 bridgehead atoms. The highest BCUT2D eigenvalue weighted by atomic mass is 16.5. The van der Waals surface area contributed by atoms with Gasteiger partial charge in [-0.25, -0.2) is 0 Å². The van der Waals surface area contributed by atoms with Crippen LogP contribution in [0.1, 0.15) is 19.3 Å². The van der Waals surface area contributed by atoms with Crippen molar-refractivity contribution in [3.63, 3.8) is 0 Å². The number of carbonyl (C=O) groups is 1. The fourth-order valence-electron chi connectivity index (χ4n) is 1.43. The van der Waals surface area contributed by atoms with E-state index in [0.717, 1.165) is 26.1 Å². The summed E-state index contributed by atoms with van der Waals surface area (Å²) < 4.78 is 10.3. The molecule has 4 heteroatoms. The molecule has 0 aromatic heterocycles. The maximum Gasteiger partial charge on any atom is 0.323 e. The molecule has 0 radical (unpaired) electrons. The lowest BCUT2D eigenvalue weighted by molar-refractivity contribution is -0.147. The molecule has 4 nitrogen and oxygen atoms in total. The predicted molar refractivity (Wildman–Crippen MR) is 55.9 cm³/mol. The van der Waals surface area contributed by atoms with E-state index in [-0.39, 0.29) is 6.42 Å². The lowest BCUT2D eigenvalue weighted by atomic mass is 10.0. The molecule has 1 rings (SSSR count). The number of hydrogen-bond donors (Lipinski definition) is 1. The van der Waals surface area contributed by atoms with Crippen LogP contribution in [0, 0.1) is 18.3 Å². The molecule has 1 atom stereocenters. The van der Waals surface area contributed by atoms with Gasteiger partial charge in [0, 0.05) is 19.6 Å². The summed E-state index contributed by atoms with van der Waals surface area (Å²) in [5.41, 5.74) is 5.50. The molecule has 0 aliphatic carbocycles. The van der Waals surface area contributed by atoms with E-state index in [0.29, 0.717) is 12.5 Å². The van der Waals surface area contributed by atoms with E-state index in [1.54, 1.807) is 0 Å². The zero-order valence-electron chi connectivity index (χ0n) is 8.78. The van der Waals surface area contributed by atoms with Crippen molar-refractivity contribution in [3.05, 3.63) is 0 Å². The van der Waals surface area contributed by atoms with Crippen LogP contribution in [-0.2, 0) is 14.3 Å². The van der Waals surface area contributed by atoms with Crippen molar-refractivity contribution in [2.45, 2.75) is 25.3 Å². The summed E-state index contributed by atoms with van der Waals surface area (Å²) in [6.45, 7) is 1.93. The monoisotopic (exact) mass is 211 g/mol. The lowest BCUT2D eigenvalue weighted by Gasteiger charge is -2.22. The molecule has 2 N–H and O–H groups in total. The minimum atomic E-state index is -0.685. The Bertz CT molecular complexity index is 241. The zero-order chi connectivity index (χ0) is 11.1. The Kier molecular flexibility index (Phi) is 5.16. The molecule has 15 heavy (non-hydrogen) atoms. The molecule has 84 valence electrons. The van der Waals surface area contributed by atoms with E-state index < -0.39 is 12.0 Å². The first kappa shape index (κ1) is 12.0. The quantitative estimate of drug-likeness (QED) is 0.537. The van der Waals surface area contributed by atoms with Crippen molar-refractivity contribution in [2.24, 2.45) is 11.7 Å². The van der Waals surface area contributed by atoms with E-state index in [9.17, 15) is 4.79 Å². The summed E-state index contributed by atoms with van der Waals surface area (Å²) in [5, 5.41) is 0. The lowest BCUT2D eigenvalue weighted by Crippen LogP contribution is -2.33. The summed E-state index contributed by atoms with van der Waals surface area (Å²) in [7, 11) is 0. The van der Waals surface area contributed by atoms with Gasteiger partial charge in [0.2, 0.25) is 0 Å². The smallest absolute Gasteiger partial charge is 0.323 e. The SMILES string of the molecule is C#CCC(N)C(=O)OCC1CCOCC1. The summed E-state index contributed by atoms with van der Waals surface area (Å²) in [6.07, 6.45) is 7.16. The first-order valence-corrected chi connectivity index (χ1v) is 5.17. The fourth-order valence-corrected chi connectivity index (χ4v) is 1.43. The molecule has 1 aliphatic heterocycles. The predicted octanol–water partition coefficient (Wildman–Crippen LogP) is 0.307. The number of rotatable bonds is 4. The Morgan fingerprint density at radius 1 is 1.60 bits per heavy atom. The molecular weight excluding hydrogens is 194 g/mol. The number of nitrogens with two attached hydrogens (primary N) is 1. The van der Waals surface area contributed by atoms with Crippen LogP contribution in [0.15, 0.2) is 0 Å². The number of hydrogen-bond acceptors (Lipinski definition) is 4. The van der Waals surface area contributed by atoms with Crippen LogP contribution in [0.2, 0.25) is 0 Å². The fraction of sp³-hybridized carbons (Fsp3) is 0.727. The standard InChI is InChI=1S/C11H17NO3/c1-2-3-10(12)11(13)15-8-9-4-6-14-7-5-9/h1,9-10H,3-8,12H2. The molecule has 1 saturated heterocycles. The summed E-state index contributed by atoms with van der Waals surface area (Å²) in [4.78, 5) is 11.3. The van der Waals surface area contributed by atoms with Crippen molar-refractivity contribution in [2.75, 3.05) is 19.8 Å². The molecule has 1 aliphatic rings. The van der Waals surface area contributed by atoms with Gasteiger partial charge in [-0.1, -0.05) is 0 Å². The Labute approximate surface area is 90.1 Å². The van der Waals surface area contributed by atoms with Gasteiger partial charge in [0.15, 0.2) is 0 Å². The van der Waals surface area contributed by atoms with Crippen molar-refractivity contribution in [1.82, 2.24) is 0 Å². The van der Waals surface area contributed by atoms with Gasteiger partial charge in [-0.15, -0.1) is 12.3 Å². The van der Waals surface area contributed by atoms with Gasteiger partial charge < -0.3 is 15.2 Å². The zero-order valence-corrected chi connectivity index (χ0v) is 8.78. The third-order valence-electron chi connectivity index (χ3n) is 2.44. The van der Waals surface area contributed by atoms with Crippen LogP contribution in [0.25, 0.3) is 0 Å². The topological polar surface area (TPSA) is 61.6 Å². The number of ether oxygens (including phenoxy) is 2.